The number of cyclic esters (lactones) is 1. The molecule has 0 radical (unpaired) electrons. The lowest BCUT2D eigenvalue weighted by molar-refractivity contribution is -0.137. The molecular formula is C17H8Cl2F3NO2. The van der Waals surface area contributed by atoms with Crippen molar-refractivity contribution in [3.8, 4) is 0 Å². The molecule has 0 aromatic heterocycles. The number of alkyl halides is 3. The molecule has 128 valence electrons. The Hall–Kier alpha value is -2.31. The van der Waals surface area contributed by atoms with Gasteiger partial charge in [-0.15, -0.1) is 0 Å². The zero-order valence-electron chi connectivity index (χ0n) is 12.3. The summed E-state index contributed by atoms with van der Waals surface area (Å²) in [5, 5.41) is 0.588. The molecule has 0 spiro atoms. The molecule has 25 heavy (non-hydrogen) atoms. The van der Waals surface area contributed by atoms with E-state index in [1.807, 2.05) is 0 Å². The molecule has 0 atom stereocenters. The maximum Gasteiger partial charge on any atom is 0.416 e. The fourth-order valence-electron chi connectivity index (χ4n) is 2.22. The van der Waals surface area contributed by atoms with Gasteiger partial charge in [-0.05, 0) is 35.9 Å². The smallest absolute Gasteiger partial charge is 0.402 e. The predicted molar refractivity (Wildman–Crippen MR) is 88.5 cm³/mol. The molecule has 2 aromatic carbocycles. The van der Waals surface area contributed by atoms with Crippen LogP contribution in [0.4, 0.5) is 13.2 Å². The molecule has 1 aliphatic heterocycles. The lowest BCUT2D eigenvalue weighted by Gasteiger charge is -2.09. The topological polar surface area (TPSA) is 38.7 Å². The Morgan fingerprint density at radius 2 is 1.80 bits per heavy atom. The fourth-order valence-corrected chi connectivity index (χ4v) is 2.70. The van der Waals surface area contributed by atoms with Gasteiger partial charge in [0, 0.05) is 5.02 Å². The Morgan fingerprint density at radius 3 is 2.48 bits per heavy atom. The van der Waals surface area contributed by atoms with Crippen molar-refractivity contribution < 1.29 is 22.7 Å². The number of ether oxygens (including phenoxy) is 1. The fraction of sp³-hybridized carbons (Fsp3) is 0.0588. The normalized spacial score (nSPS) is 16.1. The van der Waals surface area contributed by atoms with Gasteiger partial charge in [0.1, 0.15) is 0 Å². The van der Waals surface area contributed by atoms with E-state index in [1.54, 1.807) is 0 Å². The maximum atomic E-state index is 13.0. The molecule has 0 amide bonds. The largest absolute Gasteiger partial charge is 0.416 e. The zero-order chi connectivity index (χ0) is 18.2. The van der Waals surface area contributed by atoms with Crippen molar-refractivity contribution in [2.75, 3.05) is 0 Å². The Balaban J connectivity index is 2.03. The minimum atomic E-state index is -4.55. The van der Waals surface area contributed by atoms with Gasteiger partial charge in [0.05, 0.1) is 16.1 Å². The first kappa shape index (κ1) is 17.5. The lowest BCUT2D eigenvalue weighted by atomic mass is 10.1. The standard InChI is InChI=1S/C17H8Cl2F3NO2/c18-10-5-6-11(13(19)8-10)15-23-14(16(24)25-15)7-9-3-1-2-4-12(9)17(20,21)22/h1-8H. The molecular weight excluding hydrogens is 378 g/mol. The van der Waals surface area contributed by atoms with Gasteiger partial charge in [-0.25, -0.2) is 9.79 Å². The summed E-state index contributed by atoms with van der Waals surface area (Å²) in [6.07, 6.45) is -3.52. The van der Waals surface area contributed by atoms with Crippen molar-refractivity contribution in [2.45, 2.75) is 6.18 Å². The van der Waals surface area contributed by atoms with Gasteiger partial charge < -0.3 is 4.74 Å². The van der Waals surface area contributed by atoms with Crippen LogP contribution in [-0.4, -0.2) is 11.9 Å². The Bertz CT molecular complexity index is 920. The number of hydrogen-bond acceptors (Lipinski definition) is 3. The third-order valence-electron chi connectivity index (χ3n) is 3.34. The van der Waals surface area contributed by atoms with Gasteiger partial charge in [0.2, 0.25) is 5.90 Å². The molecule has 0 bridgehead atoms. The van der Waals surface area contributed by atoms with E-state index >= 15 is 0 Å². The van der Waals surface area contributed by atoms with Gasteiger partial charge in [-0.2, -0.15) is 13.2 Å². The van der Waals surface area contributed by atoms with Gasteiger partial charge >= 0.3 is 12.1 Å². The second-order valence-corrected chi connectivity index (χ2v) is 5.89. The van der Waals surface area contributed by atoms with Crippen LogP contribution in [0.2, 0.25) is 10.0 Å². The Labute approximate surface area is 150 Å². The predicted octanol–water partition coefficient (Wildman–Crippen LogP) is 5.36. The molecule has 1 heterocycles. The third-order valence-corrected chi connectivity index (χ3v) is 3.89. The highest BCUT2D eigenvalue weighted by molar-refractivity contribution is 6.37. The molecule has 0 saturated carbocycles. The van der Waals surface area contributed by atoms with E-state index in [1.165, 1.54) is 36.4 Å². The van der Waals surface area contributed by atoms with Crippen molar-refractivity contribution in [3.05, 3.63) is 74.9 Å². The number of esters is 1. The second kappa shape index (κ2) is 6.54. The van der Waals surface area contributed by atoms with Crippen molar-refractivity contribution in [1.82, 2.24) is 0 Å². The number of carbonyl (C=O) groups is 1. The molecule has 0 fully saturated rings. The van der Waals surface area contributed by atoms with Crippen LogP contribution in [0, 0.1) is 0 Å². The summed E-state index contributed by atoms with van der Waals surface area (Å²) in [5.41, 5.74) is -0.998. The van der Waals surface area contributed by atoms with E-state index in [0.29, 0.717) is 10.6 Å². The summed E-state index contributed by atoms with van der Waals surface area (Å²) in [4.78, 5) is 15.9. The van der Waals surface area contributed by atoms with Crippen molar-refractivity contribution in [3.63, 3.8) is 0 Å². The average molecular weight is 386 g/mol. The van der Waals surface area contributed by atoms with E-state index in [2.05, 4.69) is 4.99 Å². The number of rotatable bonds is 2. The molecule has 8 heteroatoms. The quantitative estimate of drug-likeness (QED) is 0.515. The molecule has 0 aliphatic carbocycles. The second-order valence-electron chi connectivity index (χ2n) is 5.05. The third kappa shape index (κ3) is 3.70. The first-order valence-corrected chi connectivity index (χ1v) is 7.65. The number of aliphatic imine (C=N–C) groups is 1. The first-order valence-electron chi connectivity index (χ1n) is 6.90. The number of carbonyl (C=O) groups excluding carboxylic acids is 1. The summed E-state index contributed by atoms with van der Waals surface area (Å²) < 4.78 is 44.1. The molecule has 2 aromatic rings. The first-order chi connectivity index (χ1) is 11.8. The average Bonchev–Trinajstić information content (AvgIpc) is 2.87. The lowest BCUT2D eigenvalue weighted by Crippen LogP contribution is -2.08. The highest BCUT2D eigenvalue weighted by Gasteiger charge is 2.33. The van der Waals surface area contributed by atoms with E-state index < -0.39 is 17.7 Å². The van der Waals surface area contributed by atoms with Crippen molar-refractivity contribution >= 4 is 41.1 Å². The van der Waals surface area contributed by atoms with Crippen LogP contribution in [0.1, 0.15) is 16.7 Å². The Kier molecular flexibility index (Phi) is 4.58. The summed E-state index contributed by atoms with van der Waals surface area (Å²) >= 11 is 11.8. The zero-order valence-corrected chi connectivity index (χ0v) is 13.8. The van der Waals surface area contributed by atoms with Gasteiger partial charge in [0.15, 0.2) is 5.70 Å². The van der Waals surface area contributed by atoms with Crippen LogP contribution >= 0.6 is 23.2 Å². The number of nitrogens with zero attached hydrogens (tertiary/aromatic N) is 1. The van der Waals surface area contributed by atoms with Crippen LogP contribution in [-0.2, 0) is 15.7 Å². The summed E-state index contributed by atoms with van der Waals surface area (Å²) in [5.74, 6) is -0.958. The van der Waals surface area contributed by atoms with Crippen molar-refractivity contribution in [1.29, 1.82) is 0 Å². The number of halogens is 5. The van der Waals surface area contributed by atoms with Crippen LogP contribution < -0.4 is 0 Å². The molecule has 1 aliphatic rings. The van der Waals surface area contributed by atoms with Crippen LogP contribution in [0.15, 0.2) is 53.2 Å². The molecule has 0 unspecified atom stereocenters. The van der Waals surface area contributed by atoms with Crippen LogP contribution in [0.25, 0.3) is 6.08 Å². The highest BCUT2D eigenvalue weighted by atomic mass is 35.5. The van der Waals surface area contributed by atoms with Gasteiger partial charge in [-0.3, -0.25) is 0 Å². The Morgan fingerprint density at radius 1 is 1.08 bits per heavy atom. The highest BCUT2D eigenvalue weighted by Crippen LogP contribution is 2.33. The van der Waals surface area contributed by atoms with E-state index in [9.17, 15) is 18.0 Å². The van der Waals surface area contributed by atoms with Crippen LogP contribution in [0.5, 0.6) is 0 Å². The molecule has 0 saturated heterocycles. The minimum absolute atomic E-state index is 0.0950. The molecule has 3 nitrogen and oxygen atoms in total. The minimum Gasteiger partial charge on any atom is -0.402 e. The summed E-state index contributed by atoms with van der Waals surface area (Å²) in [7, 11) is 0. The number of benzene rings is 2. The SMILES string of the molecule is O=C1OC(c2ccc(Cl)cc2Cl)=NC1=Cc1ccccc1C(F)(F)F. The molecule has 3 rings (SSSR count). The van der Waals surface area contributed by atoms with Crippen LogP contribution in [0.3, 0.4) is 0 Å². The van der Waals surface area contributed by atoms with Gasteiger partial charge in [0.25, 0.3) is 0 Å². The number of hydrogen-bond donors (Lipinski definition) is 0. The monoisotopic (exact) mass is 385 g/mol. The van der Waals surface area contributed by atoms with Crippen molar-refractivity contribution in [2.24, 2.45) is 4.99 Å². The van der Waals surface area contributed by atoms with E-state index in [4.69, 9.17) is 27.9 Å². The van der Waals surface area contributed by atoms with E-state index in [0.717, 1.165) is 12.1 Å². The molecule has 0 N–H and O–H groups in total. The van der Waals surface area contributed by atoms with Gasteiger partial charge in [-0.1, -0.05) is 41.4 Å². The maximum absolute atomic E-state index is 13.0. The van der Waals surface area contributed by atoms with E-state index in [-0.39, 0.29) is 22.2 Å². The summed E-state index contributed by atoms with van der Waals surface area (Å²) in [6.45, 7) is 0. The summed E-state index contributed by atoms with van der Waals surface area (Å²) in [6, 6.07) is 9.33.